The van der Waals surface area contributed by atoms with Crippen LogP contribution >= 0.6 is 23.2 Å². The number of hydrogen-bond acceptors (Lipinski definition) is 2. The van der Waals surface area contributed by atoms with Crippen LogP contribution in [0.1, 0.15) is 24.8 Å². The van der Waals surface area contributed by atoms with Crippen LogP contribution in [0, 0.1) is 0 Å². The molecule has 0 heterocycles. The van der Waals surface area contributed by atoms with Gasteiger partial charge < -0.3 is 10.4 Å². The van der Waals surface area contributed by atoms with Crippen LogP contribution in [-0.2, 0) is 6.54 Å². The number of benzene rings is 1. The van der Waals surface area contributed by atoms with E-state index in [1.54, 1.807) is 6.07 Å². The summed E-state index contributed by atoms with van der Waals surface area (Å²) in [6.45, 7) is 1.26. The maximum Gasteiger partial charge on any atom is 0.0771 e. The van der Waals surface area contributed by atoms with Crippen LogP contribution in [0.5, 0.6) is 0 Å². The van der Waals surface area contributed by atoms with Gasteiger partial charge in [-0.25, -0.2) is 0 Å². The zero-order valence-corrected chi connectivity index (χ0v) is 10.5. The van der Waals surface area contributed by atoms with Crippen molar-refractivity contribution in [2.75, 3.05) is 6.54 Å². The highest BCUT2D eigenvalue weighted by Crippen LogP contribution is 2.31. The van der Waals surface area contributed by atoms with E-state index < -0.39 is 5.60 Å². The maximum atomic E-state index is 9.89. The van der Waals surface area contributed by atoms with Crippen molar-refractivity contribution in [3.63, 3.8) is 0 Å². The molecule has 0 bridgehead atoms. The smallest absolute Gasteiger partial charge is 0.0771 e. The molecule has 0 aliphatic heterocycles. The second kappa shape index (κ2) is 4.92. The van der Waals surface area contributed by atoms with Gasteiger partial charge >= 0.3 is 0 Å². The van der Waals surface area contributed by atoms with E-state index >= 15 is 0 Å². The van der Waals surface area contributed by atoms with Crippen LogP contribution in [-0.4, -0.2) is 17.3 Å². The van der Waals surface area contributed by atoms with Crippen LogP contribution in [0.3, 0.4) is 0 Å². The molecule has 1 aliphatic carbocycles. The molecular weight excluding hydrogens is 245 g/mol. The monoisotopic (exact) mass is 259 g/mol. The molecule has 1 aromatic carbocycles. The molecule has 1 saturated carbocycles. The molecule has 0 radical (unpaired) electrons. The Balaban J connectivity index is 1.87. The fraction of sp³-hybridized carbons (Fsp3) is 0.500. The van der Waals surface area contributed by atoms with Crippen molar-refractivity contribution in [3.8, 4) is 0 Å². The number of halogens is 2. The third-order valence-corrected chi connectivity index (χ3v) is 3.94. The molecule has 1 aliphatic rings. The Morgan fingerprint density at radius 2 is 2.06 bits per heavy atom. The van der Waals surface area contributed by atoms with Crippen molar-refractivity contribution >= 4 is 23.2 Å². The molecule has 0 atom stereocenters. The van der Waals surface area contributed by atoms with E-state index in [1.165, 1.54) is 0 Å². The molecule has 88 valence electrons. The van der Waals surface area contributed by atoms with E-state index in [1.807, 2.05) is 12.1 Å². The zero-order chi connectivity index (χ0) is 11.6. The molecule has 0 unspecified atom stereocenters. The molecule has 2 nitrogen and oxygen atoms in total. The van der Waals surface area contributed by atoms with Gasteiger partial charge in [-0.1, -0.05) is 35.3 Å². The van der Waals surface area contributed by atoms with Crippen molar-refractivity contribution in [1.82, 2.24) is 5.32 Å². The standard InChI is InChI=1S/C12H15Cl2NO/c13-10-4-1-3-9(11(10)14)7-15-8-12(16)5-2-6-12/h1,3-4,15-16H,2,5-8H2. The number of hydrogen-bond donors (Lipinski definition) is 2. The van der Waals surface area contributed by atoms with Crippen LogP contribution in [0.2, 0.25) is 10.0 Å². The van der Waals surface area contributed by atoms with Gasteiger partial charge in [0.05, 0.1) is 15.6 Å². The average molecular weight is 260 g/mol. The highest BCUT2D eigenvalue weighted by Gasteiger charge is 2.33. The minimum Gasteiger partial charge on any atom is -0.389 e. The summed E-state index contributed by atoms with van der Waals surface area (Å²) in [6.07, 6.45) is 2.91. The average Bonchev–Trinajstić information content (AvgIpc) is 2.22. The molecule has 1 aromatic rings. The summed E-state index contributed by atoms with van der Waals surface area (Å²) < 4.78 is 0. The van der Waals surface area contributed by atoms with Gasteiger partial charge in [0, 0.05) is 13.1 Å². The third-order valence-electron chi connectivity index (χ3n) is 3.09. The predicted octanol–water partition coefficient (Wildman–Crippen LogP) is 3.00. The van der Waals surface area contributed by atoms with Crippen molar-refractivity contribution < 1.29 is 5.11 Å². The normalized spacial score (nSPS) is 18.2. The van der Waals surface area contributed by atoms with Crippen molar-refractivity contribution in [3.05, 3.63) is 33.8 Å². The fourth-order valence-corrected chi connectivity index (χ4v) is 2.26. The Kier molecular flexibility index (Phi) is 3.75. The Morgan fingerprint density at radius 3 is 2.69 bits per heavy atom. The zero-order valence-electron chi connectivity index (χ0n) is 8.97. The lowest BCUT2D eigenvalue weighted by Crippen LogP contribution is -2.46. The molecular formula is C12H15Cl2NO. The van der Waals surface area contributed by atoms with E-state index in [0.717, 1.165) is 24.8 Å². The van der Waals surface area contributed by atoms with Gasteiger partial charge in [0.15, 0.2) is 0 Å². The van der Waals surface area contributed by atoms with Crippen molar-refractivity contribution in [2.45, 2.75) is 31.4 Å². The van der Waals surface area contributed by atoms with Crippen LogP contribution in [0.15, 0.2) is 18.2 Å². The van der Waals surface area contributed by atoms with Crippen LogP contribution < -0.4 is 5.32 Å². The first-order chi connectivity index (χ1) is 7.61. The first-order valence-corrected chi connectivity index (χ1v) is 6.22. The Morgan fingerprint density at radius 1 is 1.31 bits per heavy atom. The lowest BCUT2D eigenvalue weighted by Gasteiger charge is -2.36. The second-order valence-corrected chi connectivity index (χ2v) is 5.18. The Labute approximate surface area is 106 Å². The van der Waals surface area contributed by atoms with E-state index in [4.69, 9.17) is 23.2 Å². The highest BCUT2D eigenvalue weighted by molar-refractivity contribution is 6.42. The Bertz CT molecular complexity index is 377. The third kappa shape index (κ3) is 2.69. The number of aliphatic hydroxyl groups is 1. The summed E-state index contributed by atoms with van der Waals surface area (Å²) in [5, 5.41) is 14.3. The highest BCUT2D eigenvalue weighted by atomic mass is 35.5. The maximum absolute atomic E-state index is 9.89. The largest absolute Gasteiger partial charge is 0.389 e. The molecule has 0 saturated heterocycles. The van der Waals surface area contributed by atoms with Gasteiger partial charge in [0.1, 0.15) is 0 Å². The molecule has 0 amide bonds. The molecule has 4 heteroatoms. The van der Waals surface area contributed by atoms with E-state index in [2.05, 4.69) is 5.32 Å². The van der Waals surface area contributed by atoms with Crippen molar-refractivity contribution in [2.24, 2.45) is 0 Å². The summed E-state index contributed by atoms with van der Waals surface area (Å²) in [5.41, 5.74) is 0.475. The molecule has 2 N–H and O–H groups in total. The predicted molar refractivity (Wildman–Crippen MR) is 67.0 cm³/mol. The van der Waals surface area contributed by atoms with E-state index in [-0.39, 0.29) is 0 Å². The summed E-state index contributed by atoms with van der Waals surface area (Å²) in [7, 11) is 0. The lowest BCUT2D eigenvalue weighted by atomic mass is 9.80. The number of nitrogens with one attached hydrogen (secondary N) is 1. The van der Waals surface area contributed by atoms with Gasteiger partial charge in [0.25, 0.3) is 0 Å². The summed E-state index contributed by atoms with van der Waals surface area (Å²) in [6, 6.07) is 5.59. The second-order valence-electron chi connectivity index (χ2n) is 4.39. The van der Waals surface area contributed by atoms with Gasteiger partial charge in [-0.3, -0.25) is 0 Å². The molecule has 1 fully saturated rings. The topological polar surface area (TPSA) is 32.3 Å². The molecule has 16 heavy (non-hydrogen) atoms. The molecule has 0 spiro atoms. The van der Waals surface area contributed by atoms with E-state index in [0.29, 0.717) is 23.1 Å². The molecule has 0 aromatic heterocycles. The van der Waals surface area contributed by atoms with Gasteiger partial charge in [-0.2, -0.15) is 0 Å². The van der Waals surface area contributed by atoms with Gasteiger partial charge in [-0.15, -0.1) is 0 Å². The van der Waals surface area contributed by atoms with Gasteiger partial charge in [-0.05, 0) is 30.9 Å². The first kappa shape index (κ1) is 12.2. The minimum absolute atomic E-state index is 0.495. The van der Waals surface area contributed by atoms with E-state index in [9.17, 15) is 5.11 Å². The Hall–Kier alpha value is -0.280. The lowest BCUT2D eigenvalue weighted by molar-refractivity contribution is -0.0314. The first-order valence-electron chi connectivity index (χ1n) is 5.47. The number of rotatable bonds is 4. The van der Waals surface area contributed by atoms with Crippen LogP contribution in [0.4, 0.5) is 0 Å². The fourth-order valence-electron chi connectivity index (χ4n) is 1.88. The van der Waals surface area contributed by atoms with Crippen molar-refractivity contribution in [1.29, 1.82) is 0 Å². The minimum atomic E-state index is -0.495. The summed E-state index contributed by atoms with van der Waals surface area (Å²) >= 11 is 12.0. The quantitative estimate of drug-likeness (QED) is 0.872. The van der Waals surface area contributed by atoms with Crippen LogP contribution in [0.25, 0.3) is 0 Å². The molecule has 2 rings (SSSR count). The summed E-state index contributed by atoms with van der Waals surface area (Å²) in [4.78, 5) is 0. The van der Waals surface area contributed by atoms with Gasteiger partial charge in [0.2, 0.25) is 0 Å². The SMILES string of the molecule is OC1(CNCc2cccc(Cl)c2Cl)CCC1. The summed E-state index contributed by atoms with van der Waals surface area (Å²) in [5.74, 6) is 0.